The van der Waals surface area contributed by atoms with Gasteiger partial charge in [0.25, 0.3) is 5.56 Å². The van der Waals surface area contributed by atoms with E-state index < -0.39 is 5.97 Å². The van der Waals surface area contributed by atoms with Crippen molar-refractivity contribution in [2.24, 2.45) is 0 Å². The van der Waals surface area contributed by atoms with Crippen LogP contribution in [0, 0.1) is 13.8 Å². The maximum atomic E-state index is 12.4. The van der Waals surface area contributed by atoms with E-state index in [0.717, 1.165) is 21.5 Å². The summed E-state index contributed by atoms with van der Waals surface area (Å²) in [5, 5.41) is 0.905. The second-order valence-electron chi connectivity index (χ2n) is 4.79. The highest BCUT2D eigenvalue weighted by Gasteiger charge is 2.15. The quantitative estimate of drug-likeness (QED) is 0.675. The van der Waals surface area contributed by atoms with Gasteiger partial charge in [-0.3, -0.25) is 14.2 Å². The zero-order valence-corrected chi connectivity index (χ0v) is 12.7. The van der Waals surface area contributed by atoms with Crippen LogP contribution < -0.4 is 5.56 Å². The predicted molar refractivity (Wildman–Crippen MR) is 80.7 cm³/mol. The summed E-state index contributed by atoms with van der Waals surface area (Å²) >= 11 is 1.31. The Morgan fingerprint density at radius 2 is 2.19 bits per heavy atom. The minimum Gasteiger partial charge on any atom is -0.468 e. The van der Waals surface area contributed by atoms with Crippen molar-refractivity contribution in [1.29, 1.82) is 0 Å². The Labute approximate surface area is 124 Å². The minimum absolute atomic E-state index is 0.141. The van der Waals surface area contributed by atoms with E-state index in [2.05, 4.69) is 14.7 Å². The molecular formula is C14H13N3O3S. The van der Waals surface area contributed by atoms with Gasteiger partial charge in [-0.2, -0.15) is 0 Å². The lowest BCUT2D eigenvalue weighted by molar-refractivity contribution is -0.141. The molecule has 0 N–H and O–H groups in total. The van der Waals surface area contributed by atoms with Gasteiger partial charge in [0.2, 0.25) is 0 Å². The van der Waals surface area contributed by atoms with E-state index in [4.69, 9.17) is 0 Å². The molecule has 0 bridgehead atoms. The van der Waals surface area contributed by atoms with E-state index in [0.29, 0.717) is 10.2 Å². The third kappa shape index (κ3) is 2.19. The largest absolute Gasteiger partial charge is 0.468 e. The van der Waals surface area contributed by atoms with Gasteiger partial charge < -0.3 is 4.74 Å². The predicted octanol–water partition coefficient (Wildman–Crippen LogP) is 1.80. The number of carbonyl (C=O) groups is 1. The number of ether oxygens (including phenoxy) is 1. The Morgan fingerprint density at radius 3 is 2.90 bits per heavy atom. The first-order valence-corrected chi connectivity index (χ1v) is 7.15. The number of hydrogen-bond donors (Lipinski definition) is 0. The number of pyridine rings is 1. The molecule has 0 aliphatic carbocycles. The van der Waals surface area contributed by atoms with Crippen LogP contribution in [0.5, 0.6) is 0 Å². The molecule has 3 heterocycles. The van der Waals surface area contributed by atoms with Gasteiger partial charge in [0.15, 0.2) is 0 Å². The Balaban J connectivity index is 2.30. The van der Waals surface area contributed by atoms with Gasteiger partial charge in [0.05, 0.1) is 19.0 Å². The molecule has 0 atom stereocenters. The molecule has 3 aromatic heterocycles. The van der Waals surface area contributed by atoms with Gasteiger partial charge in [-0.05, 0) is 25.5 Å². The highest BCUT2D eigenvalue weighted by atomic mass is 32.1. The van der Waals surface area contributed by atoms with Crippen LogP contribution in [0.4, 0.5) is 0 Å². The lowest BCUT2D eigenvalue weighted by Crippen LogP contribution is -2.24. The standard InChI is InChI=1S/C14H13N3O3S/c1-7-4-8(2)16-13-10(7)11-12(21-13)14(19)17(6-15-11)5-9(18)20-3/h4,6H,5H2,1-3H3. The van der Waals surface area contributed by atoms with Crippen molar-refractivity contribution in [3.63, 3.8) is 0 Å². The molecule has 0 saturated carbocycles. The van der Waals surface area contributed by atoms with E-state index in [1.54, 1.807) is 0 Å². The topological polar surface area (TPSA) is 74.1 Å². The number of fused-ring (bicyclic) bond motifs is 3. The van der Waals surface area contributed by atoms with Crippen LogP contribution in [-0.2, 0) is 16.1 Å². The fraction of sp³-hybridized carbons (Fsp3) is 0.286. The smallest absolute Gasteiger partial charge is 0.325 e. The fourth-order valence-corrected chi connectivity index (χ4v) is 3.52. The number of carbonyl (C=O) groups excluding carboxylic acids is 1. The molecule has 6 nitrogen and oxygen atoms in total. The maximum Gasteiger partial charge on any atom is 0.325 e. The van der Waals surface area contributed by atoms with Crippen molar-refractivity contribution in [3.8, 4) is 0 Å². The molecular weight excluding hydrogens is 290 g/mol. The first-order valence-electron chi connectivity index (χ1n) is 6.34. The highest BCUT2D eigenvalue weighted by Crippen LogP contribution is 2.31. The average molecular weight is 303 g/mol. The van der Waals surface area contributed by atoms with Gasteiger partial charge in [-0.1, -0.05) is 0 Å². The van der Waals surface area contributed by atoms with Crippen LogP contribution in [0.3, 0.4) is 0 Å². The lowest BCUT2D eigenvalue weighted by atomic mass is 10.1. The zero-order valence-electron chi connectivity index (χ0n) is 11.8. The van der Waals surface area contributed by atoms with E-state index >= 15 is 0 Å². The van der Waals surface area contributed by atoms with E-state index in [-0.39, 0.29) is 12.1 Å². The molecule has 0 aromatic carbocycles. The van der Waals surface area contributed by atoms with Crippen molar-refractivity contribution in [3.05, 3.63) is 34.0 Å². The number of hydrogen-bond acceptors (Lipinski definition) is 6. The number of esters is 1. The third-order valence-electron chi connectivity index (χ3n) is 3.27. The summed E-state index contributed by atoms with van der Waals surface area (Å²) in [4.78, 5) is 33.4. The monoisotopic (exact) mass is 303 g/mol. The molecule has 0 radical (unpaired) electrons. The van der Waals surface area contributed by atoms with Gasteiger partial charge >= 0.3 is 5.97 Å². The maximum absolute atomic E-state index is 12.4. The van der Waals surface area contributed by atoms with Crippen LogP contribution in [0.25, 0.3) is 20.4 Å². The summed E-state index contributed by atoms with van der Waals surface area (Å²) in [5.74, 6) is -0.482. The highest BCUT2D eigenvalue weighted by molar-refractivity contribution is 7.25. The van der Waals surface area contributed by atoms with E-state index in [1.807, 2.05) is 19.9 Å². The Kier molecular flexibility index (Phi) is 3.21. The molecule has 3 aromatic rings. The number of aryl methyl sites for hydroxylation is 2. The molecule has 0 aliphatic heterocycles. The normalized spacial score (nSPS) is 11.2. The van der Waals surface area contributed by atoms with Crippen LogP contribution in [0.15, 0.2) is 17.2 Å². The molecule has 0 spiro atoms. The van der Waals surface area contributed by atoms with Crippen LogP contribution in [-0.4, -0.2) is 27.6 Å². The molecule has 7 heteroatoms. The first kappa shape index (κ1) is 13.7. The summed E-state index contributed by atoms with van der Waals surface area (Å²) in [6, 6.07) is 1.97. The Morgan fingerprint density at radius 1 is 1.43 bits per heavy atom. The number of aromatic nitrogens is 3. The molecule has 21 heavy (non-hydrogen) atoms. The van der Waals surface area contributed by atoms with E-state index in [1.165, 1.54) is 29.3 Å². The third-order valence-corrected chi connectivity index (χ3v) is 4.33. The molecule has 0 fully saturated rings. The molecule has 108 valence electrons. The second-order valence-corrected chi connectivity index (χ2v) is 5.79. The molecule has 0 aliphatic rings. The number of nitrogens with zero attached hydrogens (tertiary/aromatic N) is 3. The summed E-state index contributed by atoms with van der Waals surface area (Å²) in [7, 11) is 1.29. The van der Waals surface area contributed by atoms with Gasteiger partial charge in [-0.15, -0.1) is 11.3 Å². The lowest BCUT2D eigenvalue weighted by Gasteiger charge is -2.03. The first-order chi connectivity index (χ1) is 10.0. The van der Waals surface area contributed by atoms with Gasteiger partial charge in [0, 0.05) is 11.1 Å². The minimum atomic E-state index is -0.482. The van der Waals surface area contributed by atoms with Crippen molar-refractivity contribution in [2.75, 3.05) is 7.11 Å². The van der Waals surface area contributed by atoms with Crippen LogP contribution in [0.1, 0.15) is 11.3 Å². The fourth-order valence-electron chi connectivity index (χ4n) is 2.32. The molecule has 0 unspecified atom stereocenters. The van der Waals surface area contributed by atoms with Gasteiger partial charge in [0.1, 0.15) is 16.1 Å². The number of thiophene rings is 1. The van der Waals surface area contributed by atoms with Crippen molar-refractivity contribution >= 4 is 37.7 Å². The average Bonchev–Trinajstić information content (AvgIpc) is 2.81. The Hall–Kier alpha value is -2.28. The van der Waals surface area contributed by atoms with Crippen LogP contribution >= 0.6 is 11.3 Å². The zero-order chi connectivity index (χ0) is 15.1. The number of rotatable bonds is 2. The summed E-state index contributed by atoms with van der Waals surface area (Å²) < 4.78 is 6.35. The summed E-state index contributed by atoms with van der Waals surface area (Å²) in [6.07, 6.45) is 1.38. The van der Waals surface area contributed by atoms with E-state index in [9.17, 15) is 9.59 Å². The molecule has 3 rings (SSSR count). The summed E-state index contributed by atoms with van der Waals surface area (Å²) in [6.45, 7) is 3.75. The number of methoxy groups -OCH3 is 1. The second kappa shape index (κ2) is 4.92. The van der Waals surface area contributed by atoms with Crippen molar-refractivity contribution in [1.82, 2.24) is 14.5 Å². The van der Waals surface area contributed by atoms with Crippen molar-refractivity contribution in [2.45, 2.75) is 20.4 Å². The summed E-state index contributed by atoms with van der Waals surface area (Å²) in [5.41, 5.74) is 2.35. The SMILES string of the molecule is COC(=O)Cn1cnc2c(sc3nc(C)cc(C)c32)c1=O. The van der Waals surface area contributed by atoms with Crippen LogP contribution in [0.2, 0.25) is 0 Å². The van der Waals surface area contributed by atoms with Gasteiger partial charge in [-0.25, -0.2) is 9.97 Å². The molecule has 0 saturated heterocycles. The Bertz CT molecular complexity index is 926. The molecule has 0 amide bonds. The van der Waals surface area contributed by atoms with Crippen molar-refractivity contribution < 1.29 is 9.53 Å².